The van der Waals surface area contributed by atoms with Gasteiger partial charge in [0.1, 0.15) is 22.2 Å². The number of hydrogen-bond donors (Lipinski definition) is 0. The molecular formula is C76H46N4O3S. The number of para-hydroxylation sites is 2. The van der Waals surface area contributed by atoms with E-state index in [1.165, 1.54) is 20.2 Å². The summed E-state index contributed by atoms with van der Waals surface area (Å²) in [7, 11) is 0. The van der Waals surface area contributed by atoms with Crippen molar-refractivity contribution in [3.05, 3.63) is 279 Å². The molecule has 0 aliphatic heterocycles. The molecule has 7 nitrogen and oxygen atoms in total. The fourth-order valence-electron chi connectivity index (χ4n) is 12.3. The molecule has 0 bridgehead atoms. The van der Waals surface area contributed by atoms with Gasteiger partial charge < -0.3 is 23.1 Å². The summed E-state index contributed by atoms with van der Waals surface area (Å²) >= 11 is 1.83. The Hall–Kier alpha value is -11.1. The zero-order valence-corrected chi connectivity index (χ0v) is 45.8. The number of fused-ring (bicyclic) bond motifs is 12. The van der Waals surface area contributed by atoms with Gasteiger partial charge in [-0.15, -0.1) is 11.3 Å². The summed E-state index contributed by atoms with van der Waals surface area (Å²) in [4.78, 5) is 14.8. The van der Waals surface area contributed by atoms with Gasteiger partial charge in [-0.2, -0.15) is 0 Å². The summed E-state index contributed by atoms with van der Waals surface area (Å²) in [6.07, 6.45) is 0. The van der Waals surface area contributed by atoms with Crippen molar-refractivity contribution in [2.24, 2.45) is 0 Å². The third-order valence-electron chi connectivity index (χ3n) is 16.3. The van der Waals surface area contributed by atoms with E-state index >= 15 is 0 Å². The van der Waals surface area contributed by atoms with Gasteiger partial charge in [-0.05, 0) is 162 Å². The standard InChI is InChI=1S/C76H46N4O3S/c1-3-14-49(15-4-1)75-77-65-40-38-58-62(74(65)83-75)23-13-25-67(58)80(55-36-41-69-63(45-55)59-20-7-9-26-68(59)81-69)54-34-32-48(33-35-54)52-17-11-16-51(44-52)47-28-30-50(31-29-47)76-78-73-61-22-12-24-66(57(61)39-42-70(73)82-76)79(53-18-5-2-6-19-53)56-37-43-72-64(46-56)60-21-8-10-27-71(60)84-72/h1-46H. The number of furan rings is 1. The van der Waals surface area contributed by atoms with Crippen molar-refractivity contribution in [3.63, 3.8) is 0 Å². The predicted molar refractivity (Wildman–Crippen MR) is 348 cm³/mol. The third-order valence-corrected chi connectivity index (χ3v) is 17.5. The normalized spacial score (nSPS) is 11.8. The van der Waals surface area contributed by atoms with Crippen molar-refractivity contribution in [1.29, 1.82) is 0 Å². The fourth-order valence-corrected chi connectivity index (χ4v) is 13.4. The molecule has 17 aromatic rings. The first-order chi connectivity index (χ1) is 41.6. The second-order valence-electron chi connectivity index (χ2n) is 21.2. The maximum Gasteiger partial charge on any atom is 0.227 e. The lowest BCUT2D eigenvalue weighted by Gasteiger charge is -2.27. The number of oxazole rings is 2. The summed E-state index contributed by atoms with van der Waals surface area (Å²) in [5.74, 6) is 1.18. The molecular weight excluding hydrogens is 1050 g/mol. The minimum atomic E-state index is 0.581. The largest absolute Gasteiger partial charge is 0.456 e. The molecule has 0 saturated carbocycles. The van der Waals surface area contributed by atoms with Crippen molar-refractivity contribution in [1.82, 2.24) is 9.97 Å². The molecule has 0 amide bonds. The molecule has 4 aromatic heterocycles. The van der Waals surface area contributed by atoms with E-state index in [1.54, 1.807) is 0 Å². The average molecular weight is 1100 g/mol. The lowest BCUT2D eigenvalue weighted by molar-refractivity contribution is 0.620. The number of benzene rings is 13. The molecule has 0 atom stereocenters. The highest BCUT2D eigenvalue weighted by Crippen LogP contribution is 2.46. The Balaban J connectivity index is 0.690. The minimum Gasteiger partial charge on any atom is -0.456 e. The van der Waals surface area contributed by atoms with Crippen molar-refractivity contribution >= 4 is 131 Å². The quantitative estimate of drug-likeness (QED) is 0.135. The molecule has 84 heavy (non-hydrogen) atoms. The van der Waals surface area contributed by atoms with Crippen LogP contribution < -0.4 is 9.80 Å². The van der Waals surface area contributed by atoms with E-state index in [2.05, 4.69) is 246 Å². The molecule has 0 aliphatic rings. The van der Waals surface area contributed by atoms with Crippen LogP contribution in [0.25, 0.3) is 131 Å². The van der Waals surface area contributed by atoms with Gasteiger partial charge in [-0.1, -0.05) is 140 Å². The van der Waals surface area contributed by atoms with Gasteiger partial charge >= 0.3 is 0 Å². The highest BCUT2D eigenvalue weighted by molar-refractivity contribution is 7.25. The van der Waals surface area contributed by atoms with Gasteiger partial charge in [0.05, 0.1) is 11.4 Å². The van der Waals surface area contributed by atoms with Gasteiger partial charge in [0.2, 0.25) is 11.8 Å². The van der Waals surface area contributed by atoms with Crippen molar-refractivity contribution in [2.75, 3.05) is 9.80 Å². The molecule has 13 aromatic carbocycles. The van der Waals surface area contributed by atoms with Crippen LogP contribution in [-0.2, 0) is 0 Å². The Labute approximate surface area is 485 Å². The van der Waals surface area contributed by atoms with E-state index in [9.17, 15) is 0 Å². The summed E-state index contributed by atoms with van der Waals surface area (Å²) in [5, 5.41) is 8.81. The van der Waals surface area contributed by atoms with E-state index < -0.39 is 0 Å². The van der Waals surface area contributed by atoms with Crippen molar-refractivity contribution in [2.45, 2.75) is 0 Å². The molecule has 0 fully saturated rings. The topological polar surface area (TPSA) is 71.7 Å². The van der Waals surface area contributed by atoms with E-state index in [0.717, 1.165) is 133 Å². The number of rotatable bonds is 10. The number of anilines is 6. The van der Waals surface area contributed by atoms with Crippen LogP contribution in [0.1, 0.15) is 0 Å². The smallest absolute Gasteiger partial charge is 0.227 e. The van der Waals surface area contributed by atoms with Crippen molar-refractivity contribution < 1.29 is 13.3 Å². The molecule has 17 rings (SSSR count). The maximum atomic E-state index is 6.57. The second kappa shape index (κ2) is 19.3. The molecule has 0 unspecified atom stereocenters. The Morgan fingerprint density at radius 3 is 1.58 bits per heavy atom. The van der Waals surface area contributed by atoms with E-state index in [0.29, 0.717) is 11.8 Å². The first-order valence-electron chi connectivity index (χ1n) is 28.1. The first-order valence-corrected chi connectivity index (χ1v) is 28.9. The maximum absolute atomic E-state index is 6.57. The number of hydrogen-bond acceptors (Lipinski definition) is 8. The Kier molecular flexibility index (Phi) is 11.0. The van der Waals surface area contributed by atoms with Gasteiger partial charge in [-0.3, -0.25) is 0 Å². The van der Waals surface area contributed by atoms with Crippen LogP contribution in [0.2, 0.25) is 0 Å². The third kappa shape index (κ3) is 7.95. The summed E-state index contributed by atoms with van der Waals surface area (Å²) in [5.41, 5.74) is 17.4. The highest BCUT2D eigenvalue weighted by Gasteiger charge is 2.23. The Morgan fingerprint density at radius 1 is 0.274 bits per heavy atom. The zero-order chi connectivity index (χ0) is 55.2. The molecule has 0 aliphatic carbocycles. The monoisotopic (exact) mass is 1090 g/mol. The van der Waals surface area contributed by atoms with Crippen LogP contribution in [0.4, 0.5) is 34.1 Å². The van der Waals surface area contributed by atoms with Gasteiger partial charge in [0.15, 0.2) is 11.2 Å². The molecule has 8 heteroatoms. The number of nitrogens with zero attached hydrogens (tertiary/aromatic N) is 4. The van der Waals surface area contributed by atoms with Gasteiger partial charge in [0.25, 0.3) is 0 Å². The lowest BCUT2D eigenvalue weighted by atomic mass is 9.98. The van der Waals surface area contributed by atoms with Gasteiger partial charge in [-0.25, -0.2) is 9.97 Å². The molecule has 0 saturated heterocycles. The summed E-state index contributed by atoms with van der Waals surface area (Å²) in [6, 6.07) is 98.3. The average Bonchev–Trinajstić information content (AvgIpc) is 4.19. The van der Waals surface area contributed by atoms with E-state index in [-0.39, 0.29) is 0 Å². The highest BCUT2D eigenvalue weighted by atomic mass is 32.1. The van der Waals surface area contributed by atoms with E-state index in [4.69, 9.17) is 23.2 Å². The second-order valence-corrected chi connectivity index (χ2v) is 22.3. The van der Waals surface area contributed by atoms with Crippen LogP contribution in [0.15, 0.2) is 292 Å². The number of aromatic nitrogens is 2. The first kappa shape index (κ1) is 47.7. The zero-order valence-electron chi connectivity index (χ0n) is 45.0. The summed E-state index contributed by atoms with van der Waals surface area (Å²) < 4.78 is 22.0. The van der Waals surface area contributed by atoms with Crippen molar-refractivity contribution in [3.8, 4) is 45.2 Å². The van der Waals surface area contributed by atoms with E-state index in [1.807, 2.05) is 53.8 Å². The molecule has 0 spiro atoms. The SMILES string of the molecule is c1ccc(-c2nc3ccc4c(N(c5ccc(-c6cccc(-c7ccc(-c8nc9c(ccc%10c(N(c%11ccccc%11)c%11ccc%12sc%13ccccc%13c%12c%11)cccc%109)o8)cc7)c6)cc5)c5ccc6oc7ccccc7c6c5)cccc4c3o2)cc1. The van der Waals surface area contributed by atoms with Crippen LogP contribution in [0, 0.1) is 0 Å². The molecule has 0 radical (unpaired) electrons. The number of thiophene rings is 1. The van der Waals surface area contributed by atoms with Gasteiger partial charge in [0, 0.05) is 86.4 Å². The Bertz CT molecular complexity index is 5390. The minimum absolute atomic E-state index is 0.581. The molecule has 4 heterocycles. The van der Waals surface area contributed by atoms with Crippen LogP contribution in [0.3, 0.4) is 0 Å². The summed E-state index contributed by atoms with van der Waals surface area (Å²) in [6.45, 7) is 0. The van der Waals surface area contributed by atoms with Crippen LogP contribution >= 0.6 is 11.3 Å². The van der Waals surface area contributed by atoms with Crippen LogP contribution in [-0.4, -0.2) is 9.97 Å². The molecule has 394 valence electrons. The van der Waals surface area contributed by atoms with Crippen LogP contribution in [0.5, 0.6) is 0 Å². The lowest BCUT2D eigenvalue weighted by Crippen LogP contribution is -2.10. The molecule has 0 N–H and O–H groups in total. The predicted octanol–water partition coefficient (Wildman–Crippen LogP) is 22.2. The Morgan fingerprint density at radius 2 is 0.798 bits per heavy atom. The fraction of sp³-hybridized carbons (Fsp3) is 0.